The van der Waals surface area contributed by atoms with Crippen LogP contribution >= 0.6 is 11.6 Å². The van der Waals surface area contributed by atoms with Gasteiger partial charge in [-0.05, 0) is 75.8 Å². The van der Waals surface area contributed by atoms with Crippen LogP contribution in [0, 0.1) is 19.8 Å². The molecule has 3 heterocycles. The van der Waals surface area contributed by atoms with E-state index >= 15 is 0 Å². The number of carbonyl (C=O) groups excluding carboxylic acids is 1. The van der Waals surface area contributed by atoms with Gasteiger partial charge in [0.05, 0.1) is 0 Å². The lowest BCUT2D eigenvalue weighted by atomic mass is 9.95. The number of nitrogens with zero attached hydrogens (tertiary/aromatic N) is 4. The number of piperidine rings is 1. The summed E-state index contributed by atoms with van der Waals surface area (Å²) in [7, 11) is 0. The largest absolute Gasteiger partial charge is 0.341 e. The standard InChI is InChI=1S/C22H27ClN4O/c1-15-13-16(2)25-22(24-15)26-11-8-17(9-12-26)21(28)27-10-4-3-5-18-14-19(23)6-7-20(18)27/h6-7,13-14,17H,3-5,8-12H2,1-2H3. The second-order valence-electron chi connectivity index (χ2n) is 7.93. The molecule has 2 aromatic rings. The number of anilines is 2. The van der Waals surface area contributed by atoms with E-state index < -0.39 is 0 Å². The number of halogens is 1. The predicted octanol–water partition coefficient (Wildman–Crippen LogP) is 4.33. The number of benzene rings is 1. The number of hydrogen-bond acceptors (Lipinski definition) is 4. The van der Waals surface area contributed by atoms with Gasteiger partial charge < -0.3 is 9.80 Å². The Balaban J connectivity index is 1.47. The van der Waals surface area contributed by atoms with Crippen LogP contribution in [0.15, 0.2) is 24.3 Å². The smallest absolute Gasteiger partial charge is 0.230 e. The molecule has 0 bridgehead atoms. The van der Waals surface area contributed by atoms with Crippen molar-refractivity contribution in [2.24, 2.45) is 5.92 Å². The molecule has 1 fully saturated rings. The summed E-state index contributed by atoms with van der Waals surface area (Å²) in [6, 6.07) is 7.91. The number of aromatic nitrogens is 2. The fourth-order valence-corrected chi connectivity index (χ4v) is 4.54. The summed E-state index contributed by atoms with van der Waals surface area (Å²) in [6.07, 6.45) is 4.80. The quantitative estimate of drug-likeness (QED) is 0.755. The molecule has 0 atom stereocenters. The van der Waals surface area contributed by atoms with Crippen LogP contribution in [0.3, 0.4) is 0 Å². The molecule has 1 aromatic carbocycles. The Morgan fingerprint density at radius 3 is 2.46 bits per heavy atom. The molecule has 0 saturated carbocycles. The number of amides is 1. The molecule has 1 aromatic heterocycles. The minimum atomic E-state index is 0.0591. The van der Waals surface area contributed by atoms with Crippen molar-refractivity contribution in [3.63, 3.8) is 0 Å². The van der Waals surface area contributed by atoms with Crippen LogP contribution in [0.2, 0.25) is 5.02 Å². The van der Waals surface area contributed by atoms with Crippen LogP contribution in [0.1, 0.15) is 42.6 Å². The van der Waals surface area contributed by atoms with Gasteiger partial charge in [-0.2, -0.15) is 0 Å². The molecule has 1 saturated heterocycles. The van der Waals surface area contributed by atoms with Crippen LogP contribution < -0.4 is 9.80 Å². The summed E-state index contributed by atoms with van der Waals surface area (Å²) in [5.41, 5.74) is 4.22. The lowest BCUT2D eigenvalue weighted by molar-refractivity contribution is -0.123. The summed E-state index contributed by atoms with van der Waals surface area (Å²) < 4.78 is 0. The molecule has 2 aliphatic rings. The van der Waals surface area contributed by atoms with E-state index in [1.54, 1.807) is 0 Å². The minimum Gasteiger partial charge on any atom is -0.341 e. The van der Waals surface area contributed by atoms with Gasteiger partial charge in [-0.3, -0.25) is 4.79 Å². The zero-order valence-electron chi connectivity index (χ0n) is 16.6. The minimum absolute atomic E-state index is 0.0591. The Bertz CT molecular complexity index is 857. The first-order valence-electron chi connectivity index (χ1n) is 10.2. The normalized spacial score (nSPS) is 18.0. The summed E-state index contributed by atoms with van der Waals surface area (Å²) >= 11 is 6.18. The van der Waals surface area contributed by atoms with E-state index in [1.165, 1.54) is 5.56 Å². The van der Waals surface area contributed by atoms with Gasteiger partial charge in [-0.15, -0.1) is 0 Å². The molecule has 28 heavy (non-hydrogen) atoms. The van der Waals surface area contributed by atoms with Crippen molar-refractivity contribution in [3.8, 4) is 0 Å². The second-order valence-corrected chi connectivity index (χ2v) is 8.37. The zero-order chi connectivity index (χ0) is 19.7. The Kier molecular flexibility index (Phi) is 5.54. The summed E-state index contributed by atoms with van der Waals surface area (Å²) in [5, 5.41) is 0.745. The number of rotatable bonds is 2. The van der Waals surface area contributed by atoms with Crippen molar-refractivity contribution < 1.29 is 4.79 Å². The SMILES string of the molecule is Cc1cc(C)nc(N2CCC(C(=O)N3CCCCc4cc(Cl)ccc43)CC2)n1. The fourth-order valence-electron chi connectivity index (χ4n) is 4.35. The Hall–Kier alpha value is -2.14. The van der Waals surface area contributed by atoms with Crippen molar-refractivity contribution in [3.05, 3.63) is 46.2 Å². The molecule has 5 nitrogen and oxygen atoms in total. The van der Waals surface area contributed by atoms with Gasteiger partial charge in [-0.25, -0.2) is 9.97 Å². The van der Waals surface area contributed by atoms with Gasteiger partial charge in [0.1, 0.15) is 0 Å². The highest BCUT2D eigenvalue weighted by Gasteiger charge is 2.31. The van der Waals surface area contributed by atoms with Crippen molar-refractivity contribution in [2.45, 2.75) is 46.0 Å². The van der Waals surface area contributed by atoms with E-state index in [1.807, 2.05) is 43.0 Å². The van der Waals surface area contributed by atoms with Crippen LogP contribution in [-0.2, 0) is 11.2 Å². The van der Waals surface area contributed by atoms with E-state index in [2.05, 4.69) is 14.9 Å². The number of carbonyl (C=O) groups is 1. The monoisotopic (exact) mass is 398 g/mol. The van der Waals surface area contributed by atoms with Crippen molar-refractivity contribution in [1.82, 2.24) is 9.97 Å². The molecule has 0 radical (unpaired) electrons. The van der Waals surface area contributed by atoms with Gasteiger partial charge in [0.15, 0.2) is 0 Å². The first-order chi connectivity index (χ1) is 13.5. The third-order valence-corrected chi connectivity index (χ3v) is 6.01. The summed E-state index contributed by atoms with van der Waals surface area (Å²) in [6.45, 7) is 6.43. The maximum absolute atomic E-state index is 13.3. The molecule has 0 N–H and O–H groups in total. The van der Waals surface area contributed by atoms with E-state index in [0.29, 0.717) is 0 Å². The van der Waals surface area contributed by atoms with Gasteiger partial charge in [-0.1, -0.05) is 11.6 Å². The lowest BCUT2D eigenvalue weighted by Crippen LogP contribution is -2.43. The third kappa shape index (κ3) is 4.00. The van der Waals surface area contributed by atoms with Crippen LogP contribution in [0.5, 0.6) is 0 Å². The highest BCUT2D eigenvalue weighted by Crippen LogP contribution is 2.32. The number of aryl methyl sites for hydroxylation is 3. The van der Waals surface area contributed by atoms with Gasteiger partial charge >= 0.3 is 0 Å². The van der Waals surface area contributed by atoms with Gasteiger partial charge in [0, 0.05) is 47.7 Å². The second kappa shape index (κ2) is 8.08. The molecule has 0 unspecified atom stereocenters. The van der Waals surface area contributed by atoms with Gasteiger partial charge in [0.25, 0.3) is 0 Å². The van der Waals surface area contributed by atoms with Gasteiger partial charge in [0.2, 0.25) is 11.9 Å². The molecular formula is C22H27ClN4O. The highest BCUT2D eigenvalue weighted by molar-refractivity contribution is 6.30. The van der Waals surface area contributed by atoms with Crippen LogP contribution in [0.25, 0.3) is 0 Å². The zero-order valence-corrected chi connectivity index (χ0v) is 17.4. The first kappa shape index (κ1) is 19.2. The molecule has 0 spiro atoms. The average Bonchev–Trinajstić information content (AvgIpc) is 2.88. The Labute approximate surface area is 171 Å². The molecule has 1 amide bonds. The van der Waals surface area contributed by atoms with Crippen molar-refractivity contribution >= 4 is 29.1 Å². The molecule has 0 aliphatic carbocycles. The average molecular weight is 399 g/mol. The first-order valence-corrected chi connectivity index (χ1v) is 10.6. The summed E-state index contributed by atoms with van der Waals surface area (Å²) in [4.78, 5) is 26.7. The third-order valence-electron chi connectivity index (χ3n) is 5.77. The maximum Gasteiger partial charge on any atom is 0.230 e. The molecule has 2 aliphatic heterocycles. The number of hydrogen-bond donors (Lipinski definition) is 0. The van der Waals surface area contributed by atoms with Crippen molar-refractivity contribution in [1.29, 1.82) is 0 Å². The lowest BCUT2D eigenvalue weighted by Gasteiger charge is -2.34. The molecular weight excluding hydrogens is 372 g/mol. The van der Waals surface area contributed by atoms with E-state index in [0.717, 1.165) is 79.8 Å². The Morgan fingerprint density at radius 2 is 1.75 bits per heavy atom. The molecule has 6 heteroatoms. The maximum atomic E-state index is 13.3. The number of fused-ring (bicyclic) bond motifs is 1. The topological polar surface area (TPSA) is 49.3 Å². The summed E-state index contributed by atoms with van der Waals surface area (Å²) in [5.74, 6) is 1.11. The van der Waals surface area contributed by atoms with E-state index in [-0.39, 0.29) is 11.8 Å². The predicted molar refractivity (Wildman–Crippen MR) is 113 cm³/mol. The highest BCUT2D eigenvalue weighted by atomic mass is 35.5. The van der Waals surface area contributed by atoms with E-state index in [9.17, 15) is 4.79 Å². The molecule has 4 rings (SSSR count). The van der Waals surface area contributed by atoms with Crippen LogP contribution in [-0.4, -0.2) is 35.5 Å². The van der Waals surface area contributed by atoms with E-state index in [4.69, 9.17) is 11.6 Å². The molecule has 148 valence electrons. The fraction of sp³-hybridized carbons (Fsp3) is 0.500. The Morgan fingerprint density at radius 1 is 1.04 bits per heavy atom. The van der Waals surface area contributed by atoms with Crippen molar-refractivity contribution in [2.75, 3.05) is 29.4 Å². The van der Waals surface area contributed by atoms with Crippen LogP contribution in [0.4, 0.5) is 11.6 Å².